The molecule has 7 heteroatoms. The lowest BCUT2D eigenvalue weighted by Crippen LogP contribution is -2.51. The fourth-order valence-corrected chi connectivity index (χ4v) is 2.98. The molecular formula is C18H21N3O4. The number of hydrogen-bond acceptors (Lipinski definition) is 4. The fourth-order valence-electron chi connectivity index (χ4n) is 2.98. The summed E-state index contributed by atoms with van der Waals surface area (Å²) in [6.45, 7) is 5.12. The van der Waals surface area contributed by atoms with Crippen molar-refractivity contribution < 1.29 is 19.1 Å². The molecule has 1 aromatic heterocycles. The lowest BCUT2D eigenvalue weighted by molar-refractivity contribution is -0.140. The van der Waals surface area contributed by atoms with E-state index in [-0.39, 0.29) is 18.4 Å². The molecular weight excluding hydrogens is 322 g/mol. The first-order chi connectivity index (χ1) is 12.0. The molecule has 1 fully saturated rings. The first kappa shape index (κ1) is 17.0. The van der Waals surface area contributed by atoms with Crippen molar-refractivity contribution in [2.75, 3.05) is 32.8 Å². The molecule has 2 amide bonds. The molecule has 1 aliphatic rings. The van der Waals surface area contributed by atoms with Gasteiger partial charge in [0.25, 0.3) is 5.91 Å². The maximum atomic E-state index is 12.2. The molecule has 0 unspecified atom stereocenters. The Balaban J connectivity index is 1.55. The Labute approximate surface area is 145 Å². The number of fused-ring (bicyclic) bond motifs is 1. The maximum absolute atomic E-state index is 12.2. The number of aryl methyl sites for hydroxylation is 1. The lowest BCUT2D eigenvalue weighted by Gasteiger charge is -2.34. The molecule has 0 saturated carbocycles. The zero-order valence-electron chi connectivity index (χ0n) is 14.4. The van der Waals surface area contributed by atoms with E-state index in [2.05, 4.69) is 4.98 Å². The van der Waals surface area contributed by atoms with Crippen molar-refractivity contribution in [1.29, 1.82) is 0 Å². The Bertz CT molecular complexity index is 819. The monoisotopic (exact) mass is 343 g/mol. The highest BCUT2D eigenvalue weighted by atomic mass is 16.5. The van der Waals surface area contributed by atoms with Gasteiger partial charge in [0.1, 0.15) is 5.69 Å². The van der Waals surface area contributed by atoms with Gasteiger partial charge in [-0.2, -0.15) is 0 Å². The third-order valence-corrected chi connectivity index (χ3v) is 4.51. The van der Waals surface area contributed by atoms with Gasteiger partial charge in [-0.3, -0.25) is 9.59 Å². The van der Waals surface area contributed by atoms with Gasteiger partial charge in [-0.15, -0.1) is 0 Å². The van der Waals surface area contributed by atoms with E-state index in [9.17, 15) is 14.4 Å². The fraction of sp³-hybridized carbons (Fsp3) is 0.389. The molecule has 1 aromatic carbocycles. The Morgan fingerprint density at radius 2 is 1.80 bits per heavy atom. The average molecular weight is 343 g/mol. The summed E-state index contributed by atoms with van der Waals surface area (Å²) in [5.41, 5.74) is 2.25. The summed E-state index contributed by atoms with van der Waals surface area (Å²) in [5, 5.41) is 0.959. The van der Waals surface area contributed by atoms with Crippen LogP contribution in [0.2, 0.25) is 0 Å². The molecule has 2 aromatic rings. The molecule has 7 nitrogen and oxygen atoms in total. The summed E-state index contributed by atoms with van der Waals surface area (Å²) in [6, 6.07) is 7.50. The molecule has 0 bridgehead atoms. The van der Waals surface area contributed by atoms with E-state index in [1.807, 2.05) is 25.1 Å². The van der Waals surface area contributed by atoms with Crippen molar-refractivity contribution in [1.82, 2.24) is 14.8 Å². The van der Waals surface area contributed by atoms with E-state index in [1.54, 1.807) is 15.9 Å². The second kappa shape index (κ2) is 6.96. The normalized spacial score (nSPS) is 14.6. The molecule has 132 valence electrons. The first-order valence-corrected chi connectivity index (χ1v) is 8.24. The van der Waals surface area contributed by atoms with Crippen LogP contribution in [0.15, 0.2) is 24.3 Å². The van der Waals surface area contributed by atoms with E-state index in [4.69, 9.17) is 4.74 Å². The van der Waals surface area contributed by atoms with Crippen LogP contribution in [0.4, 0.5) is 0 Å². The summed E-state index contributed by atoms with van der Waals surface area (Å²) in [6.07, 6.45) is 0. The Hall–Kier alpha value is -2.83. The third kappa shape index (κ3) is 3.65. The summed E-state index contributed by atoms with van der Waals surface area (Å²) in [4.78, 5) is 42.0. The summed E-state index contributed by atoms with van der Waals surface area (Å²) in [5.74, 6) is -0.789. The SMILES string of the molecule is CC(=O)N1CCN(C(=O)COC(=O)c2cc3c(C)cccc3[nH]2)CC1. The van der Waals surface area contributed by atoms with Crippen LogP contribution in [0.1, 0.15) is 23.0 Å². The van der Waals surface area contributed by atoms with Crippen molar-refractivity contribution in [2.45, 2.75) is 13.8 Å². The van der Waals surface area contributed by atoms with E-state index >= 15 is 0 Å². The number of carbonyl (C=O) groups excluding carboxylic acids is 3. The van der Waals surface area contributed by atoms with Gasteiger partial charge >= 0.3 is 5.97 Å². The predicted octanol–water partition coefficient (Wildman–Crippen LogP) is 1.32. The molecule has 1 N–H and O–H groups in total. The van der Waals surface area contributed by atoms with Crippen LogP contribution in [0.25, 0.3) is 10.9 Å². The van der Waals surface area contributed by atoms with E-state index in [0.717, 1.165) is 16.5 Å². The number of nitrogens with zero attached hydrogens (tertiary/aromatic N) is 2. The molecule has 0 spiro atoms. The van der Waals surface area contributed by atoms with Crippen LogP contribution < -0.4 is 0 Å². The van der Waals surface area contributed by atoms with Crippen LogP contribution >= 0.6 is 0 Å². The molecule has 25 heavy (non-hydrogen) atoms. The van der Waals surface area contributed by atoms with Crippen LogP contribution in [-0.4, -0.2) is 65.4 Å². The van der Waals surface area contributed by atoms with Crippen LogP contribution in [0.3, 0.4) is 0 Å². The van der Waals surface area contributed by atoms with E-state index < -0.39 is 5.97 Å². The summed E-state index contributed by atoms with van der Waals surface area (Å²) in [7, 11) is 0. The van der Waals surface area contributed by atoms with Crippen molar-refractivity contribution in [3.05, 3.63) is 35.5 Å². The molecule has 0 radical (unpaired) electrons. The molecule has 3 rings (SSSR count). The van der Waals surface area contributed by atoms with Crippen LogP contribution in [0.5, 0.6) is 0 Å². The number of H-pyrrole nitrogens is 1. The number of nitrogens with one attached hydrogen (secondary N) is 1. The molecule has 0 aliphatic carbocycles. The van der Waals surface area contributed by atoms with E-state index in [0.29, 0.717) is 31.9 Å². The minimum absolute atomic E-state index is 0.00707. The lowest BCUT2D eigenvalue weighted by atomic mass is 10.1. The number of amides is 2. The number of piperazine rings is 1. The smallest absolute Gasteiger partial charge is 0.355 e. The highest BCUT2D eigenvalue weighted by Gasteiger charge is 2.23. The van der Waals surface area contributed by atoms with Crippen LogP contribution in [0, 0.1) is 6.92 Å². The van der Waals surface area contributed by atoms with Gasteiger partial charge in [0.2, 0.25) is 5.91 Å². The quantitative estimate of drug-likeness (QED) is 0.852. The van der Waals surface area contributed by atoms with Gasteiger partial charge < -0.3 is 19.5 Å². The summed E-state index contributed by atoms with van der Waals surface area (Å²) >= 11 is 0. The van der Waals surface area contributed by atoms with Crippen LogP contribution in [-0.2, 0) is 14.3 Å². The predicted molar refractivity (Wildman–Crippen MR) is 92.2 cm³/mol. The number of ether oxygens (including phenoxy) is 1. The summed E-state index contributed by atoms with van der Waals surface area (Å²) < 4.78 is 5.14. The van der Waals surface area contributed by atoms with Gasteiger partial charge in [-0.05, 0) is 24.6 Å². The zero-order valence-corrected chi connectivity index (χ0v) is 14.4. The van der Waals surface area contributed by atoms with Gasteiger partial charge in [0.15, 0.2) is 6.61 Å². The van der Waals surface area contributed by atoms with Gasteiger partial charge in [-0.25, -0.2) is 4.79 Å². The second-order valence-electron chi connectivity index (χ2n) is 6.18. The van der Waals surface area contributed by atoms with E-state index in [1.165, 1.54) is 6.92 Å². The molecule has 2 heterocycles. The first-order valence-electron chi connectivity index (χ1n) is 8.24. The Morgan fingerprint density at radius 3 is 2.44 bits per heavy atom. The second-order valence-corrected chi connectivity index (χ2v) is 6.18. The zero-order chi connectivity index (χ0) is 18.0. The molecule has 1 aliphatic heterocycles. The maximum Gasteiger partial charge on any atom is 0.355 e. The average Bonchev–Trinajstić information content (AvgIpc) is 3.05. The van der Waals surface area contributed by atoms with Crippen molar-refractivity contribution in [3.63, 3.8) is 0 Å². The number of hydrogen-bond donors (Lipinski definition) is 1. The van der Waals surface area contributed by atoms with Gasteiger partial charge in [-0.1, -0.05) is 12.1 Å². The standard InChI is InChI=1S/C18H21N3O4/c1-12-4-3-5-15-14(12)10-16(19-15)18(24)25-11-17(23)21-8-6-20(7-9-21)13(2)22/h3-5,10,19H,6-9,11H2,1-2H3. The third-order valence-electron chi connectivity index (χ3n) is 4.51. The number of benzene rings is 1. The largest absolute Gasteiger partial charge is 0.451 e. The number of aromatic amines is 1. The van der Waals surface area contributed by atoms with Gasteiger partial charge in [0, 0.05) is 44.0 Å². The Morgan fingerprint density at radius 1 is 1.12 bits per heavy atom. The van der Waals surface area contributed by atoms with Crippen molar-refractivity contribution in [2.24, 2.45) is 0 Å². The van der Waals surface area contributed by atoms with Crippen molar-refractivity contribution in [3.8, 4) is 0 Å². The van der Waals surface area contributed by atoms with Gasteiger partial charge in [0.05, 0.1) is 0 Å². The number of carbonyl (C=O) groups is 3. The number of esters is 1. The highest BCUT2D eigenvalue weighted by molar-refractivity contribution is 5.96. The number of aromatic nitrogens is 1. The molecule has 1 saturated heterocycles. The highest BCUT2D eigenvalue weighted by Crippen LogP contribution is 2.19. The number of rotatable bonds is 3. The molecule has 0 atom stereocenters. The minimum atomic E-state index is -0.550. The Kier molecular flexibility index (Phi) is 4.74. The van der Waals surface area contributed by atoms with Crippen molar-refractivity contribution >= 4 is 28.7 Å². The minimum Gasteiger partial charge on any atom is -0.451 e. The topological polar surface area (TPSA) is 82.7 Å².